The molecule has 8 heteroatoms. The number of rotatable bonds is 7. The maximum Gasteiger partial charge on any atom is 0.322 e. The van der Waals surface area contributed by atoms with Gasteiger partial charge in [0.1, 0.15) is 4.34 Å². The van der Waals surface area contributed by atoms with Crippen molar-refractivity contribution in [3.05, 3.63) is 39.9 Å². The summed E-state index contributed by atoms with van der Waals surface area (Å²) in [5.74, 6) is -2.20. The monoisotopic (exact) mass is 393 g/mol. The van der Waals surface area contributed by atoms with Crippen molar-refractivity contribution < 1.29 is 14.4 Å². The van der Waals surface area contributed by atoms with Gasteiger partial charge in [-0.05, 0) is 25.5 Å². The Hall–Kier alpha value is -2.25. The molecule has 2 amide bonds. The first-order valence-corrected chi connectivity index (χ1v) is 9.43. The number of aryl methyl sites for hydroxylation is 1. The minimum atomic E-state index is -1.14. The van der Waals surface area contributed by atoms with Crippen molar-refractivity contribution in [2.75, 3.05) is 4.90 Å². The van der Waals surface area contributed by atoms with Gasteiger partial charge in [0.25, 0.3) is 0 Å². The van der Waals surface area contributed by atoms with E-state index < -0.39 is 11.8 Å². The summed E-state index contributed by atoms with van der Waals surface area (Å²) < 4.78 is 0.352. The van der Waals surface area contributed by atoms with E-state index in [9.17, 15) is 14.4 Å². The third-order valence-electron chi connectivity index (χ3n) is 3.77. The zero-order valence-corrected chi connectivity index (χ0v) is 16.2. The summed E-state index contributed by atoms with van der Waals surface area (Å²) in [6.07, 6.45) is 4.44. The molecule has 0 bridgehead atoms. The lowest BCUT2D eigenvalue weighted by Gasteiger charge is -2.21. The van der Waals surface area contributed by atoms with Crippen LogP contribution in [0.3, 0.4) is 0 Å². The molecule has 1 aromatic heterocycles. The number of ketones is 1. The molecule has 0 unspecified atom stereocenters. The van der Waals surface area contributed by atoms with Crippen LogP contribution < -0.4 is 10.6 Å². The van der Waals surface area contributed by atoms with Gasteiger partial charge in [0.15, 0.2) is 10.9 Å². The van der Waals surface area contributed by atoms with E-state index in [1.165, 1.54) is 6.20 Å². The molecule has 2 rings (SSSR count). The van der Waals surface area contributed by atoms with E-state index in [1.54, 1.807) is 18.2 Å². The summed E-state index contributed by atoms with van der Waals surface area (Å²) in [5, 5.41) is 0.185. The largest absolute Gasteiger partial charge is 0.361 e. The van der Waals surface area contributed by atoms with Crippen molar-refractivity contribution >= 4 is 51.4 Å². The van der Waals surface area contributed by atoms with Gasteiger partial charge in [-0.25, -0.2) is 9.88 Å². The summed E-state index contributed by atoms with van der Waals surface area (Å²) in [5.41, 5.74) is 6.72. The van der Waals surface area contributed by atoms with E-state index in [1.807, 2.05) is 6.92 Å². The Kier molecular flexibility index (Phi) is 6.88. The van der Waals surface area contributed by atoms with Gasteiger partial charge in [-0.1, -0.05) is 54.3 Å². The second kappa shape index (κ2) is 8.91. The second-order valence-electron chi connectivity index (χ2n) is 5.85. The number of hydrogen-bond acceptors (Lipinski definition) is 5. The Bertz CT molecular complexity index is 835. The highest BCUT2D eigenvalue weighted by Gasteiger charge is 2.29. The van der Waals surface area contributed by atoms with Crippen LogP contribution in [0.5, 0.6) is 0 Å². The third-order valence-corrected chi connectivity index (χ3v) is 4.87. The van der Waals surface area contributed by atoms with E-state index in [4.69, 9.17) is 17.3 Å². The molecular weight excluding hydrogens is 374 g/mol. The molecule has 0 saturated carbocycles. The molecule has 0 aliphatic carbocycles. The van der Waals surface area contributed by atoms with Crippen LogP contribution in [0, 0.1) is 6.92 Å². The van der Waals surface area contributed by atoms with E-state index in [0.717, 1.165) is 41.1 Å². The van der Waals surface area contributed by atoms with Crippen LogP contribution in [0.4, 0.5) is 10.8 Å². The number of primary amides is 1. The molecule has 138 valence electrons. The van der Waals surface area contributed by atoms with Crippen molar-refractivity contribution in [2.24, 2.45) is 5.73 Å². The Morgan fingerprint density at radius 2 is 2.00 bits per heavy atom. The van der Waals surface area contributed by atoms with Gasteiger partial charge < -0.3 is 5.73 Å². The van der Waals surface area contributed by atoms with Gasteiger partial charge in [0, 0.05) is 12.0 Å². The quantitative estimate of drug-likeness (QED) is 0.436. The highest BCUT2D eigenvalue weighted by Crippen LogP contribution is 2.35. The summed E-state index contributed by atoms with van der Waals surface area (Å²) >= 11 is 6.95. The Balaban J connectivity index is 2.52. The molecule has 0 radical (unpaired) electrons. The van der Waals surface area contributed by atoms with Crippen molar-refractivity contribution in [3.63, 3.8) is 0 Å². The second-order valence-corrected chi connectivity index (χ2v) is 7.49. The molecule has 0 spiro atoms. The number of halogens is 1. The summed E-state index contributed by atoms with van der Waals surface area (Å²) in [4.78, 5) is 41.8. The maximum atomic E-state index is 12.7. The number of benzene rings is 1. The molecule has 2 N–H and O–H groups in total. The van der Waals surface area contributed by atoms with Gasteiger partial charge in [0.05, 0.1) is 11.9 Å². The van der Waals surface area contributed by atoms with E-state index in [-0.39, 0.29) is 16.6 Å². The normalized spacial score (nSPS) is 10.6. The smallest absolute Gasteiger partial charge is 0.322 e. The number of thiazole rings is 1. The number of nitrogens with zero attached hydrogens (tertiary/aromatic N) is 2. The number of carbonyl (C=O) groups excluding carboxylic acids is 3. The molecule has 1 heterocycles. The average Bonchev–Trinajstić information content (AvgIpc) is 3.02. The number of amides is 2. The molecule has 0 fully saturated rings. The Morgan fingerprint density at radius 3 is 2.58 bits per heavy atom. The topological polar surface area (TPSA) is 93.4 Å². The number of carbonyl (C=O) groups is 3. The number of nitrogens with two attached hydrogens (primary N) is 1. The fraction of sp³-hybridized carbons (Fsp3) is 0.333. The molecule has 2 aromatic rings. The zero-order chi connectivity index (χ0) is 19.3. The molecule has 6 nitrogen and oxygen atoms in total. The summed E-state index contributed by atoms with van der Waals surface area (Å²) in [6, 6.07) is 5.09. The molecule has 0 aliphatic rings. The Labute approximate surface area is 161 Å². The van der Waals surface area contributed by atoms with Crippen LogP contribution >= 0.6 is 22.9 Å². The van der Waals surface area contributed by atoms with E-state index in [2.05, 4.69) is 11.9 Å². The first-order valence-electron chi connectivity index (χ1n) is 8.24. The fourth-order valence-electron chi connectivity index (χ4n) is 2.50. The highest BCUT2D eigenvalue weighted by molar-refractivity contribution is 7.19. The minimum Gasteiger partial charge on any atom is -0.361 e. The number of unbranched alkanes of at least 4 members (excludes halogenated alkanes) is 2. The molecule has 26 heavy (non-hydrogen) atoms. The van der Waals surface area contributed by atoms with Crippen LogP contribution in [0.1, 0.15) is 48.5 Å². The van der Waals surface area contributed by atoms with Crippen LogP contribution in [-0.2, 0) is 9.59 Å². The van der Waals surface area contributed by atoms with E-state index in [0.29, 0.717) is 16.3 Å². The van der Waals surface area contributed by atoms with Crippen LogP contribution in [0.15, 0.2) is 24.4 Å². The number of aromatic nitrogens is 1. The number of Topliss-reactive ketones (excluding diaryl/α,β-unsaturated/α-hetero) is 1. The summed E-state index contributed by atoms with van der Waals surface area (Å²) in [6.45, 7) is 3.91. The van der Waals surface area contributed by atoms with Gasteiger partial charge >= 0.3 is 11.8 Å². The Morgan fingerprint density at radius 1 is 1.27 bits per heavy atom. The van der Waals surface area contributed by atoms with E-state index >= 15 is 0 Å². The first-order chi connectivity index (χ1) is 12.3. The molecule has 0 saturated heterocycles. The van der Waals surface area contributed by atoms with Crippen molar-refractivity contribution in [3.8, 4) is 0 Å². The first kappa shape index (κ1) is 20.1. The van der Waals surface area contributed by atoms with Gasteiger partial charge in [-0.15, -0.1) is 0 Å². The fourth-order valence-corrected chi connectivity index (χ4v) is 3.41. The standard InChI is InChI=1S/C18H20ClN3O3S/c1-3-4-5-6-14(23)12-9-11(2)7-8-13(12)22(17(25)16(20)24)18-21-10-15(19)26-18/h7-10H,3-6H2,1-2H3,(H2,20,24). The van der Waals surface area contributed by atoms with Crippen LogP contribution in [-0.4, -0.2) is 22.6 Å². The van der Waals surface area contributed by atoms with Gasteiger partial charge in [-0.3, -0.25) is 14.4 Å². The SMILES string of the molecule is CCCCCC(=O)c1cc(C)ccc1N(C(=O)C(N)=O)c1ncc(Cl)s1. The number of hydrogen-bond donors (Lipinski definition) is 1. The molecule has 0 aliphatic heterocycles. The predicted molar refractivity (Wildman–Crippen MR) is 103 cm³/mol. The van der Waals surface area contributed by atoms with Crippen molar-refractivity contribution in [1.29, 1.82) is 0 Å². The maximum absolute atomic E-state index is 12.7. The zero-order valence-electron chi connectivity index (χ0n) is 14.6. The average molecular weight is 394 g/mol. The highest BCUT2D eigenvalue weighted by atomic mass is 35.5. The molecule has 0 atom stereocenters. The summed E-state index contributed by atoms with van der Waals surface area (Å²) in [7, 11) is 0. The van der Waals surface area contributed by atoms with Crippen LogP contribution in [0.2, 0.25) is 4.34 Å². The molecule has 1 aromatic carbocycles. The van der Waals surface area contributed by atoms with Crippen molar-refractivity contribution in [1.82, 2.24) is 4.98 Å². The lowest BCUT2D eigenvalue weighted by molar-refractivity contribution is -0.135. The van der Waals surface area contributed by atoms with Crippen LogP contribution in [0.25, 0.3) is 0 Å². The molecular formula is C18H20ClN3O3S. The number of anilines is 2. The predicted octanol–water partition coefficient (Wildman–Crippen LogP) is 4.02. The van der Waals surface area contributed by atoms with Gasteiger partial charge in [0.2, 0.25) is 0 Å². The lowest BCUT2D eigenvalue weighted by Crippen LogP contribution is -2.38. The lowest BCUT2D eigenvalue weighted by atomic mass is 10.00. The third kappa shape index (κ3) is 4.68. The van der Waals surface area contributed by atoms with Crippen molar-refractivity contribution in [2.45, 2.75) is 39.5 Å². The minimum absolute atomic E-state index is 0.0953. The van der Waals surface area contributed by atoms with Gasteiger partial charge in [-0.2, -0.15) is 0 Å².